The molecule has 1 aromatic heterocycles. The number of pyridine rings is 1. The van der Waals surface area contributed by atoms with Crippen molar-refractivity contribution in [3.05, 3.63) is 153 Å². The molecule has 5 aromatic rings. The minimum absolute atomic E-state index is 0.00848. The van der Waals surface area contributed by atoms with Crippen molar-refractivity contribution in [3.8, 4) is 23.1 Å². The number of piperazine rings is 1. The van der Waals surface area contributed by atoms with Crippen molar-refractivity contribution in [3.63, 3.8) is 0 Å². The Morgan fingerprint density at radius 1 is 0.788 bits per heavy atom. The second-order valence-electron chi connectivity index (χ2n) is 13.6. The lowest BCUT2D eigenvalue weighted by Gasteiger charge is -2.34. The van der Waals surface area contributed by atoms with Crippen LogP contribution in [0.2, 0.25) is 5.02 Å². The van der Waals surface area contributed by atoms with E-state index in [1.54, 1.807) is 24.4 Å². The summed E-state index contributed by atoms with van der Waals surface area (Å²) in [5, 5.41) is 0.444. The maximum Gasteiger partial charge on any atom is 0.246 e. The van der Waals surface area contributed by atoms with Crippen molar-refractivity contribution >= 4 is 23.6 Å². The predicted octanol–water partition coefficient (Wildman–Crippen LogP) is 9.78. The van der Waals surface area contributed by atoms with Gasteiger partial charge in [0.2, 0.25) is 11.8 Å². The van der Waals surface area contributed by atoms with Crippen LogP contribution in [0.3, 0.4) is 0 Å². The first kappa shape index (κ1) is 36.7. The molecule has 268 valence electrons. The van der Waals surface area contributed by atoms with Crippen LogP contribution in [0.15, 0.2) is 109 Å². The summed E-state index contributed by atoms with van der Waals surface area (Å²) in [6.07, 6.45) is 5.07. The molecule has 2 heterocycles. The van der Waals surface area contributed by atoms with Crippen LogP contribution >= 0.6 is 11.6 Å². The number of amides is 1. The number of hydrogen-bond acceptors (Lipinski definition) is 6. The number of hydrogen-bond donors (Lipinski definition) is 0. The molecule has 0 bridgehead atoms. The Labute approximate surface area is 312 Å². The number of ether oxygens (including phenoxy) is 3. The zero-order valence-electron chi connectivity index (χ0n) is 30.3. The van der Waals surface area contributed by atoms with E-state index in [9.17, 15) is 4.79 Å². The average Bonchev–Trinajstić information content (AvgIpc) is 3.16. The second-order valence-corrected chi connectivity index (χ2v) is 14.0. The van der Waals surface area contributed by atoms with Gasteiger partial charge in [0.1, 0.15) is 24.7 Å². The molecule has 1 fully saturated rings. The topological polar surface area (TPSA) is 64.1 Å². The van der Waals surface area contributed by atoms with E-state index < -0.39 is 0 Å². The molecule has 0 N–H and O–H groups in total. The van der Waals surface area contributed by atoms with E-state index in [0.717, 1.165) is 47.6 Å². The highest BCUT2D eigenvalue weighted by Gasteiger charge is 2.20. The minimum atomic E-state index is -0.00848. The molecule has 7 nitrogen and oxygen atoms in total. The third-order valence-electron chi connectivity index (χ3n) is 9.18. The molecule has 0 radical (unpaired) electrons. The molecule has 0 unspecified atom stereocenters. The van der Waals surface area contributed by atoms with Crippen LogP contribution in [-0.4, -0.2) is 46.9 Å². The number of aromatic nitrogens is 1. The van der Waals surface area contributed by atoms with Gasteiger partial charge in [-0.15, -0.1) is 0 Å². The van der Waals surface area contributed by atoms with Gasteiger partial charge in [0, 0.05) is 44.9 Å². The fourth-order valence-electron chi connectivity index (χ4n) is 5.96. The highest BCUT2D eigenvalue weighted by atomic mass is 35.5. The number of nitrogens with zero attached hydrogens (tertiary/aromatic N) is 3. The molecule has 0 atom stereocenters. The molecule has 1 amide bonds. The Morgan fingerprint density at radius 2 is 1.40 bits per heavy atom. The SMILES string of the molecule is Cc1ccc(COc2ccc(Oc3c(C)cc(C=CC(=O)N4CCN(Cc5ccc(COc6ccc(C(C)C)cc6)cc5)CC4)cc3Cl)nc2)cc1. The van der Waals surface area contributed by atoms with E-state index in [1.165, 1.54) is 16.7 Å². The van der Waals surface area contributed by atoms with Crippen LogP contribution in [0.4, 0.5) is 0 Å². The van der Waals surface area contributed by atoms with E-state index in [-0.39, 0.29) is 5.91 Å². The summed E-state index contributed by atoms with van der Waals surface area (Å²) in [5.41, 5.74) is 7.67. The summed E-state index contributed by atoms with van der Waals surface area (Å²) in [6, 6.07) is 32.5. The van der Waals surface area contributed by atoms with Crippen molar-refractivity contribution in [1.29, 1.82) is 0 Å². The summed E-state index contributed by atoms with van der Waals surface area (Å²) in [6.45, 7) is 13.2. The van der Waals surface area contributed by atoms with Crippen molar-refractivity contribution < 1.29 is 19.0 Å². The number of carbonyl (C=O) groups excluding carboxylic acids is 1. The Hall–Kier alpha value is -5.11. The Balaban J connectivity index is 0.937. The zero-order chi connectivity index (χ0) is 36.5. The number of aryl methyl sites for hydroxylation is 2. The largest absolute Gasteiger partial charge is 0.489 e. The van der Waals surface area contributed by atoms with Gasteiger partial charge in [-0.25, -0.2) is 4.98 Å². The molecule has 1 aliphatic rings. The molecular weight excluding hydrogens is 670 g/mol. The smallest absolute Gasteiger partial charge is 0.246 e. The molecule has 0 saturated carbocycles. The second kappa shape index (κ2) is 17.4. The third-order valence-corrected chi connectivity index (χ3v) is 9.46. The standard InChI is InChI=1S/C44H46ClN3O4/c1-31(2)38-14-16-39(17-15-38)50-29-36-11-9-34(10-12-36)28-47-21-23-48(24-22-47)43(49)20-13-37-25-33(4)44(41(45)26-37)52-42-19-18-40(27-46-42)51-30-35-7-5-32(3)6-8-35/h5-20,25-27,31H,21-24,28-30H2,1-4H3. The molecular formula is C44H46ClN3O4. The number of rotatable bonds is 13. The number of benzene rings is 4. The van der Waals surface area contributed by atoms with Crippen LogP contribution in [0.25, 0.3) is 6.08 Å². The third kappa shape index (κ3) is 10.2. The maximum atomic E-state index is 13.1. The van der Waals surface area contributed by atoms with Crippen molar-refractivity contribution in [2.24, 2.45) is 0 Å². The van der Waals surface area contributed by atoms with Crippen LogP contribution in [0, 0.1) is 13.8 Å². The lowest BCUT2D eigenvalue weighted by molar-refractivity contribution is -0.127. The Bertz CT molecular complexity index is 1930. The zero-order valence-corrected chi connectivity index (χ0v) is 31.1. The molecule has 1 saturated heterocycles. The fraction of sp³-hybridized carbons (Fsp3) is 0.273. The van der Waals surface area contributed by atoms with Crippen LogP contribution in [0.5, 0.6) is 23.1 Å². The summed E-state index contributed by atoms with van der Waals surface area (Å²) < 4.78 is 17.9. The first-order valence-corrected chi connectivity index (χ1v) is 18.2. The summed E-state index contributed by atoms with van der Waals surface area (Å²) >= 11 is 6.64. The van der Waals surface area contributed by atoms with Crippen molar-refractivity contribution in [1.82, 2.24) is 14.8 Å². The Kier molecular flexibility index (Phi) is 12.3. The van der Waals surface area contributed by atoms with Gasteiger partial charge in [-0.3, -0.25) is 9.69 Å². The fourth-order valence-corrected chi connectivity index (χ4v) is 6.28. The molecule has 8 heteroatoms. The Morgan fingerprint density at radius 3 is 2.02 bits per heavy atom. The molecule has 1 aliphatic heterocycles. The van der Waals surface area contributed by atoms with Crippen molar-refractivity contribution in [2.45, 2.75) is 53.4 Å². The van der Waals surface area contributed by atoms with Gasteiger partial charge in [0.25, 0.3) is 0 Å². The van der Waals surface area contributed by atoms with Crippen LogP contribution in [0.1, 0.15) is 58.7 Å². The summed E-state index contributed by atoms with van der Waals surface area (Å²) in [4.78, 5) is 21.7. The maximum absolute atomic E-state index is 13.1. The molecule has 6 rings (SSSR count). The number of halogens is 1. The van der Waals surface area contributed by atoms with Gasteiger partial charge in [0.15, 0.2) is 5.75 Å². The minimum Gasteiger partial charge on any atom is -0.489 e. The summed E-state index contributed by atoms with van der Waals surface area (Å²) in [7, 11) is 0. The van der Waals surface area contributed by atoms with Gasteiger partial charge >= 0.3 is 0 Å². The highest BCUT2D eigenvalue weighted by molar-refractivity contribution is 6.32. The van der Waals surface area contributed by atoms with E-state index in [4.69, 9.17) is 25.8 Å². The highest BCUT2D eigenvalue weighted by Crippen LogP contribution is 2.34. The molecule has 52 heavy (non-hydrogen) atoms. The molecule has 0 aliphatic carbocycles. The predicted molar refractivity (Wildman–Crippen MR) is 208 cm³/mol. The van der Waals surface area contributed by atoms with Crippen molar-refractivity contribution in [2.75, 3.05) is 26.2 Å². The first-order chi connectivity index (χ1) is 25.2. The van der Waals surface area contributed by atoms with Gasteiger partial charge in [-0.05, 0) is 89.6 Å². The van der Waals surface area contributed by atoms with E-state index >= 15 is 0 Å². The van der Waals surface area contributed by atoms with E-state index in [0.29, 0.717) is 54.6 Å². The average molecular weight is 716 g/mol. The van der Waals surface area contributed by atoms with Gasteiger partial charge in [-0.1, -0.05) is 91.7 Å². The summed E-state index contributed by atoms with van der Waals surface area (Å²) in [5.74, 6) is 2.97. The van der Waals surface area contributed by atoms with Crippen LogP contribution < -0.4 is 14.2 Å². The van der Waals surface area contributed by atoms with Crippen LogP contribution in [-0.2, 0) is 24.6 Å². The van der Waals surface area contributed by atoms with Gasteiger partial charge < -0.3 is 19.1 Å². The van der Waals surface area contributed by atoms with Gasteiger partial charge in [-0.2, -0.15) is 0 Å². The monoisotopic (exact) mass is 715 g/mol. The van der Waals surface area contributed by atoms with E-state index in [1.807, 2.05) is 42.2 Å². The normalized spacial score (nSPS) is 13.5. The molecule has 4 aromatic carbocycles. The number of carbonyl (C=O) groups is 1. The van der Waals surface area contributed by atoms with Gasteiger partial charge in [0.05, 0.1) is 11.2 Å². The quantitative estimate of drug-likeness (QED) is 0.113. The van der Waals surface area contributed by atoms with E-state index in [2.05, 4.69) is 91.3 Å². The first-order valence-electron chi connectivity index (χ1n) is 17.8. The lowest BCUT2D eigenvalue weighted by Crippen LogP contribution is -2.47. The lowest BCUT2D eigenvalue weighted by atomic mass is 10.0. The molecule has 0 spiro atoms.